The highest BCUT2D eigenvalue weighted by Crippen LogP contribution is 2.31. The van der Waals surface area contributed by atoms with E-state index in [1.54, 1.807) is 55.6 Å². The Labute approximate surface area is 178 Å². The maximum atomic E-state index is 13.4. The van der Waals surface area contributed by atoms with Crippen LogP contribution in [0.2, 0.25) is 5.02 Å². The van der Waals surface area contributed by atoms with Gasteiger partial charge in [-0.15, -0.1) is 0 Å². The zero-order valence-electron chi connectivity index (χ0n) is 16.2. The zero-order valence-corrected chi connectivity index (χ0v) is 17.0. The van der Waals surface area contributed by atoms with Gasteiger partial charge in [-0.1, -0.05) is 29.8 Å². The lowest BCUT2D eigenvalue weighted by molar-refractivity contribution is -0.136. The van der Waals surface area contributed by atoms with Crippen LogP contribution >= 0.6 is 11.6 Å². The molecule has 0 saturated carbocycles. The number of halogens is 2. The third-order valence-corrected chi connectivity index (χ3v) is 4.46. The molecule has 30 heavy (non-hydrogen) atoms. The molecule has 0 aliphatic rings. The predicted octanol–water partition coefficient (Wildman–Crippen LogP) is 5.59. The van der Waals surface area contributed by atoms with Gasteiger partial charge in [-0.05, 0) is 53.1 Å². The maximum absolute atomic E-state index is 13.4. The van der Waals surface area contributed by atoms with Gasteiger partial charge in [0.2, 0.25) is 0 Å². The Hall–Kier alpha value is -3.09. The first kappa shape index (κ1) is 21.6. The van der Waals surface area contributed by atoms with E-state index in [4.69, 9.17) is 30.9 Å². The van der Waals surface area contributed by atoms with Gasteiger partial charge in [0, 0.05) is 13.2 Å². The first-order valence-corrected chi connectivity index (χ1v) is 9.53. The second-order valence-electron chi connectivity index (χ2n) is 6.48. The predicted molar refractivity (Wildman–Crippen MR) is 112 cm³/mol. The number of ether oxygens (including phenoxy) is 3. The molecule has 0 saturated heterocycles. The van der Waals surface area contributed by atoms with Crippen molar-refractivity contribution in [3.05, 3.63) is 77.1 Å². The van der Waals surface area contributed by atoms with Crippen molar-refractivity contribution in [2.45, 2.75) is 6.42 Å². The fourth-order valence-corrected chi connectivity index (χ4v) is 3.02. The van der Waals surface area contributed by atoms with Gasteiger partial charge in [-0.3, -0.25) is 4.79 Å². The minimum atomic E-state index is -0.954. The standard InChI is InChI=1S/C23H20ClFO5/c1-28-7-8-29-19-9-15(11-23(26)27)10-20(14-19)30-18-4-2-3-16(12-18)17-5-6-22(25)21(24)13-17/h2-6,9-10,12-14H,7-8,11H2,1H3,(H,26,27). The molecule has 0 fully saturated rings. The van der Waals surface area contributed by atoms with E-state index in [9.17, 15) is 9.18 Å². The van der Waals surface area contributed by atoms with Gasteiger partial charge in [0.1, 0.15) is 29.7 Å². The molecule has 5 nitrogen and oxygen atoms in total. The number of rotatable bonds is 9. The van der Waals surface area contributed by atoms with Crippen molar-refractivity contribution in [2.24, 2.45) is 0 Å². The van der Waals surface area contributed by atoms with Crippen molar-refractivity contribution in [2.75, 3.05) is 20.3 Å². The number of hydrogen-bond acceptors (Lipinski definition) is 4. The second kappa shape index (κ2) is 10.1. The summed E-state index contributed by atoms with van der Waals surface area (Å²) in [4.78, 5) is 11.1. The molecule has 0 unspecified atom stereocenters. The summed E-state index contributed by atoms with van der Waals surface area (Å²) in [6, 6.07) is 16.7. The summed E-state index contributed by atoms with van der Waals surface area (Å²) in [5, 5.41) is 9.16. The normalized spacial score (nSPS) is 10.6. The lowest BCUT2D eigenvalue weighted by Gasteiger charge is -2.12. The summed E-state index contributed by atoms with van der Waals surface area (Å²) in [7, 11) is 1.57. The van der Waals surface area contributed by atoms with Crippen LogP contribution in [-0.4, -0.2) is 31.4 Å². The molecule has 0 aliphatic heterocycles. The van der Waals surface area contributed by atoms with Gasteiger partial charge >= 0.3 is 5.97 Å². The number of carboxylic acid groups (broad SMARTS) is 1. The third kappa shape index (κ3) is 5.95. The van der Waals surface area contributed by atoms with Crippen LogP contribution in [-0.2, 0) is 16.0 Å². The average Bonchev–Trinajstić information content (AvgIpc) is 2.70. The first-order valence-electron chi connectivity index (χ1n) is 9.15. The summed E-state index contributed by atoms with van der Waals surface area (Å²) >= 11 is 5.88. The highest BCUT2D eigenvalue weighted by Gasteiger charge is 2.09. The van der Waals surface area contributed by atoms with Crippen LogP contribution in [0.1, 0.15) is 5.56 Å². The highest BCUT2D eigenvalue weighted by atomic mass is 35.5. The van der Waals surface area contributed by atoms with Crippen LogP contribution in [0.25, 0.3) is 11.1 Å². The van der Waals surface area contributed by atoms with E-state index in [2.05, 4.69) is 0 Å². The number of carboxylic acids is 1. The molecule has 0 bridgehead atoms. The molecule has 7 heteroatoms. The van der Waals surface area contributed by atoms with Crippen molar-refractivity contribution in [1.29, 1.82) is 0 Å². The van der Waals surface area contributed by atoms with Crippen molar-refractivity contribution in [3.63, 3.8) is 0 Å². The quantitative estimate of drug-likeness (QED) is 0.448. The Bertz CT molecular complexity index is 1040. The molecule has 0 heterocycles. The minimum Gasteiger partial charge on any atom is -0.491 e. The zero-order chi connectivity index (χ0) is 21.5. The summed E-state index contributed by atoms with van der Waals surface area (Å²) in [5.41, 5.74) is 2.09. The van der Waals surface area contributed by atoms with Crippen LogP contribution in [0.5, 0.6) is 17.2 Å². The molecule has 0 atom stereocenters. The minimum absolute atomic E-state index is 0.0399. The molecule has 0 radical (unpaired) electrons. The molecule has 3 aromatic rings. The molecule has 0 spiro atoms. The second-order valence-corrected chi connectivity index (χ2v) is 6.89. The molecule has 1 N–H and O–H groups in total. The van der Waals surface area contributed by atoms with Gasteiger partial charge in [-0.25, -0.2) is 4.39 Å². The number of methoxy groups -OCH3 is 1. The van der Waals surface area contributed by atoms with E-state index >= 15 is 0 Å². The van der Waals surface area contributed by atoms with Gasteiger partial charge < -0.3 is 19.3 Å². The van der Waals surface area contributed by atoms with Crippen LogP contribution in [0.4, 0.5) is 4.39 Å². The molecule has 3 rings (SSSR count). The highest BCUT2D eigenvalue weighted by molar-refractivity contribution is 6.31. The Morgan fingerprint density at radius 2 is 1.73 bits per heavy atom. The summed E-state index contributed by atoms with van der Waals surface area (Å²) < 4.78 is 30.0. The number of carbonyl (C=O) groups is 1. The van der Waals surface area contributed by atoms with Crippen LogP contribution in [0, 0.1) is 5.82 Å². The monoisotopic (exact) mass is 430 g/mol. The van der Waals surface area contributed by atoms with E-state index in [0.29, 0.717) is 36.0 Å². The number of benzene rings is 3. The molecular formula is C23H20ClFO5. The van der Waals surface area contributed by atoms with E-state index in [-0.39, 0.29) is 11.4 Å². The van der Waals surface area contributed by atoms with Crippen molar-refractivity contribution in [1.82, 2.24) is 0 Å². The molecule has 0 amide bonds. The topological polar surface area (TPSA) is 65.0 Å². The lowest BCUT2D eigenvalue weighted by atomic mass is 10.1. The Morgan fingerprint density at radius 3 is 2.47 bits per heavy atom. The van der Waals surface area contributed by atoms with E-state index in [0.717, 1.165) is 11.1 Å². The molecule has 0 aliphatic carbocycles. The molecule has 156 valence electrons. The number of aliphatic carboxylic acids is 1. The van der Waals surface area contributed by atoms with Crippen molar-refractivity contribution < 1.29 is 28.5 Å². The molecule has 0 aromatic heterocycles. The Kier molecular flexibility index (Phi) is 7.27. The molecular weight excluding hydrogens is 411 g/mol. The fraction of sp³-hybridized carbons (Fsp3) is 0.174. The Morgan fingerprint density at radius 1 is 0.967 bits per heavy atom. The summed E-state index contributed by atoms with van der Waals surface area (Å²) in [6.45, 7) is 0.731. The van der Waals surface area contributed by atoms with Gasteiger partial charge in [0.05, 0.1) is 18.1 Å². The SMILES string of the molecule is COCCOc1cc(CC(=O)O)cc(Oc2cccc(-c3ccc(F)c(Cl)c3)c2)c1. The van der Waals surface area contributed by atoms with Gasteiger partial charge in [0.25, 0.3) is 0 Å². The van der Waals surface area contributed by atoms with Crippen molar-refractivity contribution >= 4 is 17.6 Å². The van der Waals surface area contributed by atoms with Crippen LogP contribution < -0.4 is 9.47 Å². The number of hydrogen-bond donors (Lipinski definition) is 1. The smallest absolute Gasteiger partial charge is 0.307 e. The van der Waals surface area contributed by atoms with Gasteiger partial charge in [-0.2, -0.15) is 0 Å². The largest absolute Gasteiger partial charge is 0.491 e. The lowest BCUT2D eigenvalue weighted by Crippen LogP contribution is -2.06. The third-order valence-electron chi connectivity index (χ3n) is 4.17. The van der Waals surface area contributed by atoms with Crippen LogP contribution in [0.3, 0.4) is 0 Å². The fourth-order valence-electron chi connectivity index (χ4n) is 2.84. The Balaban J connectivity index is 1.86. The summed E-state index contributed by atoms with van der Waals surface area (Å²) in [5.74, 6) is 0.0234. The van der Waals surface area contributed by atoms with E-state index < -0.39 is 11.8 Å². The first-order chi connectivity index (χ1) is 14.4. The van der Waals surface area contributed by atoms with E-state index in [1.807, 2.05) is 6.07 Å². The molecule has 3 aromatic carbocycles. The van der Waals surface area contributed by atoms with Crippen molar-refractivity contribution in [3.8, 4) is 28.4 Å². The summed E-state index contributed by atoms with van der Waals surface area (Å²) in [6.07, 6.45) is -0.161. The van der Waals surface area contributed by atoms with E-state index in [1.165, 1.54) is 6.07 Å². The maximum Gasteiger partial charge on any atom is 0.307 e. The average molecular weight is 431 g/mol. The van der Waals surface area contributed by atoms with Gasteiger partial charge in [0.15, 0.2) is 0 Å². The van der Waals surface area contributed by atoms with Crippen LogP contribution in [0.15, 0.2) is 60.7 Å².